The number of hydrogen-bond acceptors (Lipinski definition) is 6. The number of hydrogen-bond donors (Lipinski definition) is 0. The van der Waals surface area contributed by atoms with Crippen molar-refractivity contribution in [2.24, 2.45) is 0 Å². The molecule has 0 aromatic heterocycles. The highest BCUT2D eigenvalue weighted by Gasteiger charge is 2.18. The molecule has 6 heteroatoms. The van der Waals surface area contributed by atoms with Crippen LogP contribution in [0, 0.1) is 55.4 Å². The van der Waals surface area contributed by atoms with Crippen LogP contribution in [0.1, 0.15) is 68.5 Å². The van der Waals surface area contributed by atoms with Crippen molar-refractivity contribution >= 4 is 46.1 Å². The molecule has 0 unspecified atom stereocenters. The predicted octanol–water partition coefficient (Wildman–Crippen LogP) is 14.1. The summed E-state index contributed by atoms with van der Waals surface area (Å²) in [6.07, 6.45) is 5.62. The Morgan fingerprint density at radius 1 is 0.452 bits per heavy atom. The third kappa shape index (κ3) is 12.4. The number of ether oxygens (including phenoxy) is 2. The molecule has 0 N–H and O–H groups in total. The monoisotopic (exact) mass is 826 g/mol. The maximum atomic E-state index is 11.3. The van der Waals surface area contributed by atoms with E-state index in [1.807, 2.05) is 0 Å². The molecule has 0 atom stereocenters. The SMILES string of the molecule is C=CC(=O)OCCCc1ccc(N(c2ccc(C)c(C)c2)c2ccc(C)c(C)c2)cc1.C=CC(=O)OCCCc1ccccc1N(c1ccc(C)c(C)c1)c1ccc(C)c(C)c1. The van der Waals surface area contributed by atoms with Gasteiger partial charge in [-0.2, -0.15) is 0 Å². The fourth-order valence-electron chi connectivity index (χ4n) is 7.09. The van der Waals surface area contributed by atoms with Crippen molar-refractivity contribution in [1.29, 1.82) is 0 Å². The van der Waals surface area contributed by atoms with Gasteiger partial charge in [0.1, 0.15) is 0 Å². The molecular weight excluding hydrogens is 765 g/mol. The first-order valence-corrected chi connectivity index (χ1v) is 21.4. The van der Waals surface area contributed by atoms with Gasteiger partial charge in [-0.25, -0.2) is 9.59 Å². The van der Waals surface area contributed by atoms with Crippen LogP contribution in [0.4, 0.5) is 34.1 Å². The lowest BCUT2D eigenvalue weighted by atomic mass is 10.0. The maximum Gasteiger partial charge on any atom is 0.330 e. The summed E-state index contributed by atoms with van der Waals surface area (Å²) in [5.41, 5.74) is 19.5. The largest absolute Gasteiger partial charge is 0.463 e. The zero-order chi connectivity index (χ0) is 44.8. The average molecular weight is 827 g/mol. The van der Waals surface area contributed by atoms with Crippen molar-refractivity contribution in [3.63, 3.8) is 0 Å². The molecule has 0 fully saturated rings. The Balaban J connectivity index is 0.000000234. The minimum atomic E-state index is -0.375. The lowest BCUT2D eigenvalue weighted by molar-refractivity contribution is -0.138. The molecule has 320 valence electrons. The van der Waals surface area contributed by atoms with Gasteiger partial charge in [-0.15, -0.1) is 0 Å². The number of aryl methyl sites for hydroxylation is 10. The van der Waals surface area contributed by atoms with Gasteiger partial charge < -0.3 is 19.3 Å². The first kappa shape index (κ1) is 46.4. The van der Waals surface area contributed by atoms with Gasteiger partial charge in [-0.1, -0.05) is 67.8 Å². The second-order valence-electron chi connectivity index (χ2n) is 16.0. The van der Waals surface area contributed by atoms with Crippen LogP contribution in [0.2, 0.25) is 0 Å². The second-order valence-corrected chi connectivity index (χ2v) is 16.0. The number of benzene rings is 6. The van der Waals surface area contributed by atoms with Crippen molar-refractivity contribution in [2.75, 3.05) is 23.0 Å². The van der Waals surface area contributed by atoms with Gasteiger partial charge in [-0.3, -0.25) is 0 Å². The van der Waals surface area contributed by atoms with E-state index in [0.29, 0.717) is 13.2 Å². The van der Waals surface area contributed by atoms with E-state index >= 15 is 0 Å². The summed E-state index contributed by atoms with van der Waals surface area (Å²) in [5, 5.41) is 0. The lowest BCUT2D eigenvalue weighted by Crippen LogP contribution is -2.13. The van der Waals surface area contributed by atoms with E-state index in [2.05, 4.69) is 200 Å². The smallest absolute Gasteiger partial charge is 0.330 e. The molecule has 0 bridgehead atoms. The Morgan fingerprint density at radius 3 is 1.23 bits per heavy atom. The summed E-state index contributed by atoms with van der Waals surface area (Å²) in [6.45, 7) is 24.8. The number of nitrogens with zero attached hydrogens (tertiary/aromatic N) is 2. The number of carbonyl (C=O) groups is 2. The van der Waals surface area contributed by atoms with E-state index in [1.165, 1.54) is 67.8 Å². The minimum absolute atomic E-state index is 0.368. The van der Waals surface area contributed by atoms with Gasteiger partial charge in [0.05, 0.1) is 13.2 Å². The standard InChI is InChI=1S/2C28H31NO2/c1-6-28(30)31-17-7-8-24-11-15-25(16-12-24)29(26-13-9-20(2)22(4)18-26)27-14-10-21(3)23(5)19-27;1-6-28(30)31-17-9-11-24-10-7-8-12-27(24)29(25-15-13-20(2)22(4)18-25)26-16-14-21(3)23(5)19-26/h6,9-16,18-19H,1,7-8,17H2,2-5H3;6-8,10,12-16,18-19H,1,9,11,17H2,2-5H3. The van der Waals surface area contributed by atoms with Crippen LogP contribution in [0.25, 0.3) is 0 Å². The fraction of sp³-hybridized carbons (Fsp3) is 0.250. The predicted molar refractivity (Wildman–Crippen MR) is 259 cm³/mol. The van der Waals surface area contributed by atoms with Crippen LogP contribution in [0.3, 0.4) is 0 Å². The molecule has 0 amide bonds. The van der Waals surface area contributed by atoms with Gasteiger partial charge in [-0.05, 0) is 203 Å². The Morgan fingerprint density at radius 2 is 0.823 bits per heavy atom. The number of para-hydroxylation sites is 1. The Kier molecular flexibility index (Phi) is 16.7. The van der Waals surface area contributed by atoms with Crippen molar-refractivity contribution < 1.29 is 19.1 Å². The quantitative estimate of drug-likeness (QED) is 0.0550. The van der Waals surface area contributed by atoms with E-state index < -0.39 is 0 Å². The number of esters is 2. The molecule has 6 aromatic rings. The van der Waals surface area contributed by atoms with Gasteiger partial charge in [0.15, 0.2) is 0 Å². The second kappa shape index (κ2) is 22.3. The van der Waals surface area contributed by atoms with E-state index in [0.717, 1.165) is 59.8 Å². The number of rotatable bonds is 16. The van der Waals surface area contributed by atoms with Crippen molar-refractivity contribution in [3.8, 4) is 0 Å². The first-order chi connectivity index (χ1) is 29.8. The summed E-state index contributed by atoms with van der Waals surface area (Å²) in [5.74, 6) is -0.743. The Hall–Kier alpha value is -6.66. The lowest BCUT2D eigenvalue weighted by Gasteiger charge is -2.29. The highest BCUT2D eigenvalue weighted by molar-refractivity contribution is 5.82. The molecule has 0 radical (unpaired) electrons. The van der Waals surface area contributed by atoms with Gasteiger partial charge >= 0.3 is 11.9 Å². The van der Waals surface area contributed by atoms with Crippen molar-refractivity contribution in [1.82, 2.24) is 0 Å². The number of anilines is 6. The molecule has 0 saturated heterocycles. The molecule has 62 heavy (non-hydrogen) atoms. The molecule has 0 spiro atoms. The zero-order valence-corrected chi connectivity index (χ0v) is 37.9. The summed E-state index contributed by atoms with van der Waals surface area (Å²) in [7, 11) is 0. The Bertz CT molecular complexity index is 2400. The highest BCUT2D eigenvalue weighted by Crippen LogP contribution is 2.39. The minimum Gasteiger partial charge on any atom is -0.463 e. The summed E-state index contributed by atoms with van der Waals surface area (Å²) in [4.78, 5) is 27.1. The average Bonchev–Trinajstić information content (AvgIpc) is 3.27. The topological polar surface area (TPSA) is 59.1 Å². The zero-order valence-electron chi connectivity index (χ0n) is 37.9. The van der Waals surface area contributed by atoms with Crippen LogP contribution in [-0.4, -0.2) is 25.2 Å². The molecule has 0 saturated carbocycles. The molecule has 0 aliphatic carbocycles. The maximum absolute atomic E-state index is 11.3. The van der Waals surface area contributed by atoms with Gasteiger partial charge in [0.2, 0.25) is 0 Å². The third-order valence-electron chi connectivity index (χ3n) is 11.4. The molecule has 6 nitrogen and oxygen atoms in total. The van der Waals surface area contributed by atoms with Gasteiger partial charge in [0, 0.05) is 46.3 Å². The highest BCUT2D eigenvalue weighted by atomic mass is 16.5. The van der Waals surface area contributed by atoms with Crippen LogP contribution >= 0.6 is 0 Å². The van der Waals surface area contributed by atoms with E-state index in [4.69, 9.17) is 9.47 Å². The molecule has 6 aromatic carbocycles. The fourth-order valence-corrected chi connectivity index (χ4v) is 7.09. The molecular formula is C56H62N2O4. The van der Waals surface area contributed by atoms with Crippen LogP contribution in [-0.2, 0) is 31.9 Å². The van der Waals surface area contributed by atoms with Crippen molar-refractivity contribution in [3.05, 3.63) is 202 Å². The Labute approximate surface area is 370 Å². The molecule has 0 aliphatic rings. The van der Waals surface area contributed by atoms with E-state index in [-0.39, 0.29) is 11.9 Å². The van der Waals surface area contributed by atoms with Gasteiger partial charge in [0.25, 0.3) is 0 Å². The molecule has 6 rings (SSSR count). The van der Waals surface area contributed by atoms with Crippen LogP contribution < -0.4 is 9.80 Å². The summed E-state index contributed by atoms with van der Waals surface area (Å²) < 4.78 is 10.2. The first-order valence-electron chi connectivity index (χ1n) is 21.4. The summed E-state index contributed by atoms with van der Waals surface area (Å²) in [6, 6.07) is 43.5. The van der Waals surface area contributed by atoms with Crippen LogP contribution in [0.15, 0.2) is 147 Å². The normalized spacial score (nSPS) is 10.6. The van der Waals surface area contributed by atoms with E-state index in [1.54, 1.807) is 0 Å². The van der Waals surface area contributed by atoms with E-state index in [9.17, 15) is 9.59 Å². The van der Waals surface area contributed by atoms with Crippen LogP contribution in [0.5, 0.6) is 0 Å². The molecule has 0 aliphatic heterocycles. The number of carbonyl (C=O) groups excluding carboxylic acids is 2. The summed E-state index contributed by atoms with van der Waals surface area (Å²) >= 11 is 0. The molecule has 0 heterocycles. The van der Waals surface area contributed by atoms with Crippen molar-refractivity contribution in [2.45, 2.75) is 81.1 Å². The third-order valence-corrected chi connectivity index (χ3v) is 11.4.